The molecule has 1 unspecified atom stereocenters. The maximum absolute atomic E-state index is 12.3. The molecule has 0 radical (unpaired) electrons. The molecule has 3 rings (SSSR count). The smallest absolute Gasteiger partial charge is 0.245 e. The van der Waals surface area contributed by atoms with Crippen molar-refractivity contribution in [3.05, 3.63) is 65.7 Å². The molecule has 0 saturated heterocycles. The summed E-state index contributed by atoms with van der Waals surface area (Å²) in [5.74, 6) is -0.444. The Labute approximate surface area is 198 Å². The van der Waals surface area contributed by atoms with Gasteiger partial charge in [-0.05, 0) is 48.5 Å². The molecule has 156 valence electrons. The molecule has 0 aliphatic rings. The minimum atomic E-state index is -1.84. The maximum Gasteiger partial charge on any atom is 0.245 e. The Kier molecular flexibility index (Phi) is 7.55. The molecule has 3 N–H and O–H groups in total. The van der Waals surface area contributed by atoms with Crippen LogP contribution in [0.5, 0.6) is 0 Å². The second-order valence-electron chi connectivity index (χ2n) is 6.32. The number of halogens is 3. The Hall–Kier alpha value is -1.90. The molecular formula is C20H17Cl3N4OS2. The van der Waals surface area contributed by atoms with Crippen LogP contribution in [-0.4, -0.2) is 26.0 Å². The number of aryl methyl sites for hydroxylation is 1. The molecule has 1 heterocycles. The van der Waals surface area contributed by atoms with Crippen LogP contribution in [0.2, 0.25) is 0 Å². The number of rotatable bonds is 5. The number of carbonyl (C=O) groups excluding carboxylic acids is 1. The van der Waals surface area contributed by atoms with Gasteiger partial charge < -0.3 is 16.0 Å². The predicted molar refractivity (Wildman–Crippen MR) is 131 cm³/mol. The van der Waals surface area contributed by atoms with Gasteiger partial charge in [0.1, 0.15) is 6.17 Å². The zero-order valence-electron chi connectivity index (χ0n) is 15.7. The van der Waals surface area contributed by atoms with E-state index in [1.54, 1.807) is 6.08 Å². The van der Waals surface area contributed by atoms with Crippen LogP contribution in [0.3, 0.4) is 0 Å². The van der Waals surface area contributed by atoms with E-state index in [9.17, 15) is 4.79 Å². The average Bonchev–Trinajstić information content (AvgIpc) is 3.07. The van der Waals surface area contributed by atoms with E-state index in [4.69, 9.17) is 47.0 Å². The highest BCUT2D eigenvalue weighted by Crippen LogP contribution is 2.30. The highest BCUT2D eigenvalue weighted by atomic mass is 35.6. The fourth-order valence-electron chi connectivity index (χ4n) is 2.48. The van der Waals surface area contributed by atoms with E-state index in [1.807, 2.05) is 55.5 Å². The lowest BCUT2D eigenvalue weighted by molar-refractivity contribution is -0.117. The third-order valence-electron chi connectivity index (χ3n) is 3.88. The topological polar surface area (TPSA) is 66.0 Å². The number of amides is 1. The van der Waals surface area contributed by atoms with E-state index in [2.05, 4.69) is 20.9 Å². The lowest BCUT2D eigenvalue weighted by Crippen LogP contribution is -2.55. The standard InChI is InChI=1S/C20H17Cl3N4OS2/c1-12-7-9-15-14(11-12)24-19(30-15)27-18(29)26-17(20(21,22)23)25-16(28)10-8-13-5-3-2-4-6-13/h2-11,17H,1H3,(H,25,28)(H2,24,26,27,29)/b10-8+. The van der Waals surface area contributed by atoms with Gasteiger partial charge in [0.25, 0.3) is 0 Å². The van der Waals surface area contributed by atoms with Gasteiger partial charge in [0.15, 0.2) is 10.2 Å². The van der Waals surface area contributed by atoms with Crippen molar-refractivity contribution in [2.24, 2.45) is 0 Å². The summed E-state index contributed by atoms with van der Waals surface area (Å²) in [4.78, 5) is 16.8. The van der Waals surface area contributed by atoms with Crippen molar-refractivity contribution >= 4 is 90.8 Å². The van der Waals surface area contributed by atoms with Gasteiger partial charge in [-0.3, -0.25) is 4.79 Å². The van der Waals surface area contributed by atoms with Gasteiger partial charge in [-0.2, -0.15) is 0 Å². The van der Waals surface area contributed by atoms with E-state index in [0.29, 0.717) is 5.13 Å². The number of nitrogens with one attached hydrogen (secondary N) is 3. The first kappa shape index (κ1) is 22.8. The van der Waals surface area contributed by atoms with Crippen LogP contribution >= 0.6 is 58.4 Å². The summed E-state index contributed by atoms with van der Waals surface area (Å²) in [5, 5.41) is 9.13. The molecule has 0 aliphatic carbocycles. The van der Waals surface area contributed by atoms with E-state index < -0.39 is 15.9 Å². The summed E-state index contributed by atoms with van der Waals surface area (Å²) in [6.45, 7) is 2.00. The largest absolute Gasteiger partial charge is 0.339 e. The Bertz CT molecular complexity index is 1080. The molecule has 5 nitrogen and oxygen atoms in total. The molecule has 1 aromatic heterocycles. The number of aromatic nitrogens is 1. The first-order valence-electron chi connectivity index (χ1n) is 8.76. The number of thiocarbonyl (C=S) groups is 1. The van der Waals surface area contributed by atoms with Gasteiger partial charge in [-0.1, -0.05) is 82.5 Å². The molecule has 30 heavy (non-hydrogen) atoms. The molecule has 10 heteroatoms. The van der Waals surface area contributed by atoms with E-state index in [0.717, 1.165) is 21.3 Å². The number of carbonyl (C=O) groups is 1. The number of nitrogens with zero attached hydrogens (tertiary/aromatic N) is 1. The van der Waals surface area contributed by atoms with Crippen molar-refractivity contribution in [3.8, 4) is 0 Å². The summed E-state index contributed by atoms with van der Waals surface area (Å²) in [6.07, 6.45) is 1.95. The molecule has 0 aliphatic heterocycles. The Morgan fingerprint density at radius 3 is 2.60 bits per heavy atom. The van der Waals surface area contributed by atoms with E-state index in [-0.39, 0.29) is 5.11 Å². The van der Waals surface area contributed by atoms with Crippen molar-refractivity contribution < 1.29 is 4.79 Å². The number of fused-ring (bicyclic) bond motifs is 1. The van der Waals surface area contributed by atoms with Crippen LogP contribution in [0, 0.1) is 6.92 Å². The molecule has 1 atom stereocenters. The summed E-state index contributed by atoms with van der Waals surface area (Å²) in [7, 11) is 0. The molecule has 0 fully saturated rings. The zero-order valence-corrected chi connectivity index (χ0v) is 19.6. The first-order valence-corrected chi connectivity index (χ1v) is 11.1. The number of benzene rings is 2. The maximum atomic E-state index is 12.3. The normalized spacial score (nSPS) is 12.7. The monoisotopic (exact) mass is 498 g/mol. The summed E-state index contributed by atoms with van der Waals surface area (Å²) in [6, 6.07) is 15.4. The summed E-state index contributed by atoms with van der Waals surface area (Å²) < 4.78 is -0.824. The SMILES string of the molecule is Cc1ccc2sc(NC(=S)NC(NC(=O)/C=C/c3ccccc3)C(Cl)(Cl)Cl)nc2c1. The molecular weight excluding hydrogens is 483 g/mol. The highest BCUT2D eigenvalue weighted by Gasteiger charge is 2.34. The third-order valence-corrected chi connectivity index (χ3v) is 5.71. The fraction of sp³-hybridized carbons (Fsp3) is 0.150. The molecule has 3 aromatic rings. The second-order valence-corrected chi connectivity index (χ2v) is 10.1. The van der Waals surface area contributed by atoms with E-state index >= 15 is 0 Å². The van der Waals surface area contributed by atoms with Crippen molar-refractivity contribution in [1.82, 2.24) is 15.6 Å². The van der Waals surface area contributed by atoms with Crippen LogP contribution < -0.4 is 16.0 Å². The Balaban J connectivity index is 1.64. The van der Waals surface area contributed by atoms with Crippen LogP contribution in [-0.2, 0) is 4.79 Å². The first-order chi connectivity index (χ1) is 14.2. The minimum Gasteiger partial charge on any atom is -0.339 e. The molecule has 1 amide bonds. The van der Waals surface area contributed by atoms with Crippen LogP contribution in [0.25, 0.3) is 16.3 Å². The lowest BCUT2D eigenvalue weighted by atomic mass is 10.2. The lowest BCUT2D eigenvalue weighted by Gasteiger charge is -2.27. The minimum absolute atomic E-state index is 0.162. The van der Waals surface area contributed by atoms with E-state index in [1.165, 1.54) is 17.4 Å². The van der Waals surface area contributed by atoms with Gasteiger partial charge in [0, 0.05) is 6.08 Å². The Morgan fingerprint density at radius 1 is 1.17 bits per heavy atom. The van der Waals surface area contributed by atoms with Gasteiger partial charge in [0.2, 0.25) is 9.70 Å². The van der Waals surface area contributed by atoms with Gasteiger partial charge in [-0.15, -0.1) is 0 Å². The van der Waals surface area contributed by atoms with Crippen molar-refractivity contribution in [1.29, 1.82) is 0 Å². The van der Waals surface area contributed by atoms with Crippen molar-refractivity contribution in [2.75, 3.05) is 5.32 Å². The van der Waals surface area contributed by atoms with Crippen LogP contribution in [0.1, 0.15) is 11.1 Å². The molecule has 0 spiro atoms. The number of hydrogen-bond acceptors (Lipinski definition) is 4. The van der Waals surface area contributed by atoms with Gasteiger partial charge in [0.05, 0.1) is 10.2 Å². The predicted octanol–water partition coefficient (Wildman–Crippen LogP) is 5.42. The molecule has 2 aromatic carbocycles. The number of anilines is 1. The number of alkyl halides is 3. The highest BCUT2D eigenvalue weighted by molar-refractivity contribution is 7.80. The summed E-state index contributed by atoms with van der Waals surface area (Å²) in [5.41, 5.74) is 2.85. The Morgan fingerprint density at radius 2 is 1.90 bits per heavy atom. The van der Waals surface area contributed by atoms with Crippen molar-refractivity contribution in [2.45, 2.75) is 16.9 Å². The second kappa shape index (κ2) is 9.94. The van der Waals surface area contributed by atoms with Crippen LogP contribution in [0.15, 0.2) is 54.6 Å². The quantitative estimate of drug-likeness (QED) is 0.189. The number of thiazole rings is 1. The number of hydrogen-bond donors (Lipinski definition) is 3. The molecule has 0 saturated carbocycles. The fourth-order valence-corrected chi connectivity index (χ4v) is 3.94. The van der Waals surface area contributed by atoms with Crippen LogP contribution in [0.4, 0.5) is 5.13 Å². The molecule has 0 bridgehead atoms. The van der Waals surface area contributed by atoms with Crippen molar-refractivity contribution in [3.63, 3.8) is 0 Å². The van der Waals surface area contributed by atoms with Gasteiger partial charge in [-0.25, -0.2) is 4.98 Å². The van der Waals surface area contributed by atoms with Gasteiger partial charge >= 0.3 is 0 Å². The zero-order chi connectivity index (χ0) is 21.7. The third kappa shape index (κ3) is 6.55. The average molecular weight is 500 g/mol. The summed E-state index contributed by atoms with van der Waals surface area (Å²) >= 11 is 24.8.